The standard InChI is InChI=1S/C16H17N5O3S/c1-23-13-4-2-3-12(9-18-20-16-19-14(22)10-25-16)15(13)24-8-7-21-6-5-17-11-21/h2-6,9,11H,7-8,10H2,1H3,(H,19,20,22). The summed E-state index contributed by atoms with van der Waals surface area (Å²) in [5, 5.41) is 11.1. The molecule has 2 aromatic rings. The average molecular weight is 359 g/mol. The van der Waals surface area contributed by atoms with Gasteiger partial charge in [0.1, 0.15) is 6.61 Å². The van der Waals surface area contributed by atoms with Gasteiger partial charge in [-0.2, -0.15) is 5.10 Å². The van der Waals surface area contributed by atoms with Gasteiger partial charge in [-0.25, -0.2) is 4.98 Å². The predicted octanol–water partition coefficient (Wildman–Crippen LogP) is 1.52. The van der Waals surface area contributed by atoms with Gasteiger partial charge in [0, 0.05) is 18.0 Å². The van der Waals surface area contributed by atoms with Crippen LogP contribution in [0.3, 0.4) is 0 Å². The van der Waals surface area contributed by atoms with E-state index in [1.165, 1.54) is 11.8 Å². The van der Waals surface area contributed by atoms with Gasteiger partial charge in [0.25, 0.3) is 0 Å². The van der Waals surface area contributed by atoms with Crippen molar-refractivity contribution in [2.45, 2.75) is 6.54 Å². The van der Waals surface area contributed by atoms with Crippen LogP contribution in [0.2, 0.25) is 0 Å². The van der Waals surface area contributed by atoms with E-state index in [1.54, 1.807) is 25.8 Å². The van der Waals surface area contributed by atoms with E-state index in [9.17, 15) is 4.79 Å². The first kappa shape index (κ1) is 17.0. The van der Waals surface area contributed by atoms with Crippen LogP contribution in [0, 0.1) is 0 Å². The van der Waals surface area contributed by atoms with Gasteiger partial charge in [0.2, 0.25) is 5.91 Å². The van der Waals surface area contributed by atoms with Gasteiger partial charge in [-0.15, -0.1) is 5.10 Å². The molecule has 1 N–H and O–H groups in total. The monoisotopic (exact) mass is 359 g/mol. The molecule has 1 saturated heterocycles. The molecule has 0 spiro atoms. The molecule has 1 aromatic carbocycles. The lowest BCUT2D eigenvalue weighted by atomic mass is 10.2. The predicted molar refractivity (Wildman–Crippen MR) is 96.3 cm³/mol. The fourth-order valence-electron chi connectivity index (χ4n) is 2.14. The van der Waals surface area contributed by atoms with Gasteiger partial charge in [0.15, 0.2) is 16.7 Å². The number of imidazole rings is 1. The molecule has 130 valence electrons. The third-order valence-electron chi connectivity index (χ3n) is 3.32. The number of nitrogens with zero attached hydrogens (tertiary/aromatic N) is 4. The second kappa shape index (κ2) is 8.34. The van der Waals surface area contributed by atoms with Crippen molar-refractivity contribution < 1.29 is 14.3 Å². The molecule has 1 aliphatic rings. The average Bonchev–Trinajstić information content (AvgIpc) is 3.27. The third kappa shape index (κ3) is 4.60. The lowest BCUT2D eigenvalue weighted by Crippen LogP contribution is -2.19. The Morgan fingerprint density at radius 3 is 3.12 bits per heavy atom. The Morgan fingerprint density at radius 2 is 2.40 bits per heavy atom. The number of amidine groups is 1. The minimum atomic E-state index is -0.0659. The molecule has 1 aromatic heterocycles. The summed E-state index contributed by atoms with van der Waals surface area (Å²) in [5.41, 5.74) is 0.739. The van der Waals surface area contributed by atoms with Gasteiger partial charge in [-0.3, -0.25) is 4.79 Å². The van der Waals surface area contributed by atoms with Crippen LogP contribution in [0.15, 0.2) is 47.1 Å². The summed E-state index contributed by atoms with van der Waals surface area (Å²) in [6, 6.07) is 5.53. The topological polar surface area (TPSA) is 90.1 Å². The number of para-hydroxylation sites is 1. The van der Waals surface area contributed by atoms with Crippen molar-refractivity contribution >= 4 is 29.1 Å². The second-order valence-electron chi connectivity index (χ2n) is 5.01. The number of hydrogen-bond donors (Lipinski definition) is 1. The highest BCUT2D eigenvalue weighted by Crippen LogP contribution is 2.30. The van der Waals surface area contributed by atoms with Crippen molar-refractivity contribution in [2.75, 3.05) is 19.5 Å². The zero-order chi connectivity index (χ0) is 17.5. The van der Waals surface area contributed by atoms with Crippen molar-refractivity contribution in [1.29, 1.82) is 0 Å². The van der Waals surface area contributed by atoms with Gasteiger partial charge >= 0.3 is 0 Å². The number of amides is 1. The number of ether oxygens (including phenoxy) is 2. The molecule has 0 atom stereocenters. The van der Waals surface area contributed by atoms with Crippen LogP contribution in [0.1, 0.15) is 5.56 Å². The number of carbonyl (C=O) groups excluding carboxylic acids is 1. The number of methoxy groups -OCH3 is 1. The van der Waals surface area contributed by atoms with Crippen LogP contribution in [0.25, 0.3) is 0 Å². The molecule has 1 amide bonds. The van der Waals surface area contributed by atoms with Gasteiger partial charge < -0.3 is 19.4 Å². The van der Waals surface area contributed by atoms with E-state index in [-0.39, 0.29) is 5.91 Å². The van der Waals surface area contributed by atoms with E-state index >= 15 is 0 Å². The van der Waals surface area contributed by atoms with Gasteiger partial charge in [0.05, 0.1) is 31.9 Å². The molecule has 0 unspecified atom stereocenters. The normalized spacial score (nSPS) is 15.7. The number of rotatable bonds is 7. The number of carbonyl (C=O) groups is 1. The van der Waals surface area contributed by atoms with E-state index in [1.807, 2.05) is 29.0 Å². The molecule has 9 heteroatoms. The number of hydrogen-bond acceptors (Lipinski definition) is 7. The Morgan fingerprint density at radius 1 is 1.48 bits per heavy atom. The maximum absolute atomic E-state index is 11.1. The molecule has 0 bridgehead atoms. The second-order valence-corrected chi connectivity index (χ2v) is 5.98. The Balaban J connectivity index is 1.70. The lowest BCUT2D eigenvalue weighted by Gasteiger charge is -2.13. The summed E-state index contributed by atoms with van der Waals surface area (Å²) in [6.45, 7) is 1.12. The van der Waals surface area contributed by atoms with Crippen LogP contribution in [0.5, 0.6) is 11.5 Å². The number of nitrogens with one attached hydrogen (secondary N) is 1. The van der Waals surface area contributed by atoms with Crippen molar-refractivity contribution in [3.63, 3.8) is 0 Å². The van der Waals surface area contributed by atoms with Crippen LogP contribution in [0.4, 0.5) is 0 Å². The molecule has 8 nitrogen and oxygen atoms in total. The van der Waals surface area contributed by atoms with Crippen molar-refractivity contribution in [3.8, 4) is 11.5 Å². The first-order valence-corrected chi connectivity index (χ1v) is 8.54. The van der Waals surface area contributed by atoms with E-state index in [0.29, 0.717) is 35.6 Å². The van der Waals surface area contributed by atoms with E-state index < -0.39 is 0 Å². The highest BCUT2D eigenvalue weighted by Gasteiger charge is 2.16. The Labute approximate surface area is 148 Å². The number of thioether (sulfide) groups is 1. The summed E-state index contributed by atoms with van der Waals surface area (Å²) >= 11 is 1.32. The van der Waals surface area contributed by atoms with Crippen LogP contribution in [-0.4, -0.2) is 46.3 Å². The minimum absolute atomic E-state index is 0.0659. The Bertz CT molecular complexity index is 789. The third-order valence-corrected chi connectivity index (χ3v) is 4.18. The first-order chi connectivity index (χ1) is 12.3. The summed E-state index contributed by atoms with van der Waals surface area (Å²) in [5.74, 6) is 1.52. The Kier molecular flexibility index (Phi) is 5.68. The fraction of sp³-hybridized carbons (Fsp3) is 0.250. The zero-order valence-electron chi connectivity index (χ0n) is 13.6. The first-order valence-electron chi connectivity index (χ1n) is 7.55. The highest BCUT2D eigenvalue weighted by atomic mass is 32.2. The van der Waals surface area contributed by atoms with Crippen molar-refractivity contribution in [3.05, 3.63) is 42.5 Å². The summed E-state index contributed by atoms with van der Waals surface area (Å²) in [4.78, 5) is 15.1. The van der Waals surface area contributed by atoms with E-state index in [2.05, 4.69) is 20.5 Å². The van der Waals surface area contributed by atoms with Gasteiger partial charge in [-0.1, -0.05) is 17.8 Å². The maximum atomic E-state index is 11.1. The maximum Gasteiger partial charge on any atom is 0.236 e. The van der Waals surface area contributed by atoms with Gasteiger partial charge in [-0.05, 0) is 12.1 Å². The number of aromatic nitrogens is 2. The lowest BCUT2D eigenvalue weighted by molar-refractivity contribution is -0.116. The smallest absolute Gasteiger partial charge is 0.236 e. The van der Waals surface area contributed by atoms with Crippen molar-refractivity contribution in [1.82, 2.24) is 14.9 Å². The summed E-state index contributed by atoms with van der Waals surface area (Å²) in [6.07, 6.45) is 6.91. The molecular formula is C16H17N5O3S. The molecule has 0 aliphatic carbocycles. The van der Waals surface area contributed by atoms with Crippen molar-refractivity contribution in [2.24, 2.45) is 10.2 Å². The Hall–Kier alpha value is -2.81. The number of benzene rings is 1. The molecule has 0 saturated carbocycles. The molecule has 25 heavy (non-hydrogen) atoms. The SMILES string of the molecule is COc1cccc(C=NN=C2NC(=O)CS2)c1OCCn1ccnc1. The molecule has 0 radical (unpaired) electrons. The molecule has 3 rings (SSSR count). The summed E-state index contributed by atoms with van der Waals surface area (Å²) in [7, 11) is 1.59. The van der Waals surface area contributed by atoms with E-state index in [0.717, 1.165) is 5.56 Å². The van der Waals surface area contributed by atoms with Crippen LogP contribution in [-0.2, 0) is 11.3 Å². The largest absolute Gasteiger partial charge is 0.493 e. The molecule has 1 fully saturated rings. The van der Waals surface area contributed by atoms with Crippen LogP contribution < -0.4 is 14.8 Å². The van der Waals surface area contributed by atoms with Crippen LogP contribution >= 0.6 is 11.8 Å². The fourth-order valence-corrected chi connectivity index (χ4v) is 2.78. The van der Waals surface area contributed by atoms with E-state index in [4.69, 9.17) is 9.47 Å². The quantitative estimate of drug-likeness (QED) is 0.598. The zero-order valence-corrected chi connectivity index (χ0v) is 14.4. The summed E-state index contributed by atoms with van der Waals surface area (Å²) < 4.78 is 13.2. The minimum Gasteiger partial charge on any atom is -0.493 e. The molecule has 1 aliphatic heterocycles. The highest BCUT2D eigenvalue weighted by molar-refractivity contribution is 8.15. The molecular weight excluding hydrogens is 342 g/mol. The molecule has 2 heterocycles.